The van der Waals surface area contributed by atoms with Gasteiger partial charge in [-0.1, -0.05) is 41.4 Å². The van der Waals surface area contributed by atoms with Gasteiger partial charge in [-0.05, 0) is 31.2 Å². The topological polar surface area (TPSA) is 84.8 Å². The molecule has 6 nitrogen and oxygen atoms in total. The van der Waals surface area contributed by atoms with Crippen molar-refractivity contribution < 1.29 is 17.9 Å². The predicted octanol–water partition coefficient (Wildman–Crippen LogP) is 3.16. The molecular formula is C17H14Cl2N2O4S. The Hall–Kier alpha value is -2.09. The third-order valence-electron chi connectivity index (χ3n) is 3.75. The standard InChI is InChI=1S/C17H14Cl2N2O4S/c1-10(17(22)25-9-12-13(18)6-4-7-14(12)19)20-16-11-5-2-3-8-15(11)26(23,24)21-16/h2-8,10H,9H2,1H3,(H,20,21)/t10-/m0/s1. The number of carbonyl (C=O) groups excluding carboxylic acids is 1. The lowest BCUT2D eigenvalue weighted by atomic mass is 10.2. The second kappa shape index (κ2) is 7.26. The zero-order chi connectivity index (χ0) is 18.9. The van der Waals surface area contributed by atoms with Crippen molar-refractivity contribution in [1.29, 1.82) is 0 Å². The molecule has 0 amide bonds. The molecule has 1 heterocycles. The molecule has 0 radical (unpaired) electrons. The van der Waals surface area contributed by atoms with Crippen LogP contribution < -0.4 is 4.72 Å². The van der Waals surface area contributed by atoms with Gasteiger partial charge in [-0.15, -0.1) is 0 Å². The minimum absolute atomic E-state index is 0.102. The van der Waals surface area contributed by atoms with E-state index in [1.54, 1.807) is 36.4 Å². The van der Waals surface area contributed by atoms with Crippen molar-refractivity contribution in [2.75, 3.05) is 0 Å². The quantitative estimate of drug-likeness (QED) is 0.781. The largest absolute Gasteiger partial charge is 0.459 e. The monoisotopic (exact) mass is 412 g/mol. The van der Waals surface area contributed by atoms with E-state index in [4.69, 9.17) is 27.9 Å². The van der Waals surface area contributed by atoms with Crippen molar-refractivity contribution in [3.63, 3.8) is 0 Å². The highest BCUT2D eigenvalue weighted by Gasteiger charge is 2.31. The summed E-state index contributed by atoms with van der Waals surface area (Å²) in [6.45, 7) is 1.41. The lowest BCUT2D eigenvalue weighted by Crippen LogP contribution is -2.26. The number of esters is 1. The summed E-state index contributed by atoms with van der Waals surface area (Å²) in [7, 11) is -3.66. The van der Waals surface area contributed by atoms with E-state index < -0.39 is 22.0 Å². The highest BCUT2D eigenvalue weighted by Crippen LogP contribution is 2.25. The first kappa shape index (κ1) is 18.7. The number of ether oxygens (including phenoxy) is 1. The Balaban J connectivity index is 1.75. The van der Waals surface area contributed by atoms with Crippen LogP contribution in [0.5, 0.6) is 0 Å². The first-order valence-electron chi connectivity index (χ1n) is 7.59. The molecule has 2 aromatic rings. The zero-order valence-electron chi connectivity index (χ0n) is 13.6. The molecule has 26 heavy (non-hydrogen) atoms. The number of benzene rings is 2. The second-order valence-electron chi connectivity index (χ2n) is 5.56. The van der Waals surface area contributed by atoms with Gasteiger partial charge in [0.05, 0.1) is 4.90 Å². The molecule has 2 aromatic carbocycles. The number of fused-ring (bicyclic) bond motifs is 1. The summed E-state index contributed by atoms with van der Waals surface area (Å²) < 4.78 is 31.7. The number of amidine groups is 1. The normalized spacial score (nSPS) is 17.4. The molecule has 0 saturated carbocycles. The van der Waals surface area contributed by atoms with Gasteiger partial charge in [-0.2, -0.15) is 0 Å². The van der Waals surface area contributed by atoms with Crippen LogP contribution in [-0.2, 0) is 26.2 Å². The molecule has 9 heteroatoms. The smallest absolute Gasteiger partial charge is 0.330 e. The van der Waals surface area contributed by atoms with E-state index in [0.717, 1.165) is 0 Å². The van der Waals surface area contributed by atoms with E-state index in [-0.39, 0.29) is 17.3 Å². The number of nitrogens with one attached hydrogen (secondary N) is 1. The first-order valence-corrected chi connectivity index (χ1v) is 9.83. The fraction of sp³-hybridized carbons (Fsp3) is 0.176. The molecule has 0 aromatic heterocycles. The van der Waals surface area contributed by atoms with Gasteiger partial charge in [-0.3, -0.25) is 9.71 Å². The van der Waals surface area contributed by atoms with Gasteiger partial charge in [-0.25, -0.2) is 13.2 Å². The number of aliphatic imine (C=N–C) groups is 1. The van der Waals surface area contributed by atoms with Gasteiger partial charge in [0.1, 0.15) is 18.5 Å². The number of nitrogens with zero attached hydrogens (tertiary/aromatic N) is 1. The predicted molar refractivity (Wildman–Crippen MR) is 99.0 cm³/mol. The minimum atomic E-state index is -3.66. The molecule has 0 bridgehead atoms. The number of hydrogen-bond acceptors (Lipinski definition) is 5. The number of carbonyl (C=O) groups is 1. The summed E-state index contributed by atoms with van der Waals surface area (Å²) in [5.41, 5.74) is 0.914. The summed E-state index contributed by atoms with van der Waals surface area (Å²) in [5, 5.41) is 0.781. The summed E-state index contributed by atoms with van der Waals surface area (Å²) in [5.74, 6) is -0.516. The van der Waals surface area contributed by atoms with Crippen LogP contribution in [0.25, 0.3) is 0 Å². The zero-order valence-corrected chi connectivity index (χ0v) is 15.9. The van der Waals surface area contributed by atoms with Gasteiger partial charge < -0.3 is 4.74 Å². The highest BCUT2D eigenvalue weighted by atomic mass is 35.5. The number of hydrogen-bond donors (Lipinski definition) is 1. The SMILES string of the molecule is C[C@H](N=C1NS(=O)(=O)c2ccccc21)C(=O)OCc1c(Cl)cccc1Cl. The Kier molecular flexibility index (Phi) is 5.22. The molecule has 0 saturated heterocycles. The number of sulfonamides is 1. The van der Waals surface area contributed by atoms with E-state index in [1.165, 1.54) is 13.0 Å². The van der Waals surface area contributed by atoms with Crippen molar-refractivity contribution in [3.8, 4) is 0 Å². The molecule has 1 atom stereocenters. The molecule has 0 spiro atoms. The molecule has 0 unspecified atom stereocenters. The average molecular weight is 413 g/mol. The summed E-state index contributed by atoms with van der Waals surface area (Å²) in [4.78, 5) is 16.5. The van der Waals surface area contributed by atoms with Gasteiger partial charge in [0.15, 0.2) is 0 Å². The maximum atomic E-state index is 12.2. The highest BCUT2D eigenvalue weighted by molar-refractivity contribution is 7.90. The molecule has 136 valence electrons. The fourth-order valence-electron chi connectivity index (χ4n) is 2.41. The van der Waals surface area contributed by atoms with E-state index in [2.05, 4.69) is 9.71 Å². The summed E-state index contributed by atoms with van der Waals surface area (Å²) in [6.07, 6.45) is 0. The van der Waals surface area contributed by atoms with Crippen LogP contribution in [0, 0.1) is 0 Å². The van der Waals surface area contributed by atoms with E-state index >= 15 is 0 Å². The summed E-state index contributed by atoms with van der Waals surface area (Å²) in [6, 6.07) is 10.5. The van der Waals surface area contributed by atoms with E-state index in [1.807, 2.05) is 0 Å². The van der Waals surface area contributed by atoms with Crippen molar-refractivity contribution >= 4 is 45.0 Å². The van der Waals surface area contributed by atoms with Crippen molar-refractivity contribution in [2.45, 2.75) is 24.5 Å². The van der Waals surface area contributed by atoms with E-state index in [0.29, 0.717) is 21.2 Å². The first-order chi connectivity index (χ1) is 12.3. The van der Waals surface area contributed by atoms with Crippen LogP contribution in [0.1, 0.15) is 18.1 Å². The Morgan fingerprint density at radius 3 is 2.50 bits per heavy atom. The van der Waals surface area contributed by atoms with E-state index in [9.17, 15) is 13.2 Å². The minimum Gasteiger partial charge on any atom is -0.459 e. The molecule has 1 N–H and O–H groups in total. The summed E-state index contributed by atoms with van der Waals surface area (Å²) >= 11 is 12.1. The number of rotatable bonds is 4. The molecule has 1 aliphatic heterocycles. The van der Waals surface area contributed by atoms with Gasteiger partial charge in [0.2, 0.25) is 0 Å². The van der Waals surface area contributed by atoms with Gasteiger partial charge >= 0.3 is 5.97 Å². The van der Waals surface area contributed by atoms with Gasteiger partial charge in [0, 0.05) is 21.2 Å². The van der Waals surface area contributed by atoms with Crippen LogP contribution in [-0.4, -0.2) is 26.3 Å². The van der Waals surface area contributed by atoms with Crippen LogP contribution >= 0.6 is 23.2 Å². The average Bonchev–Trinajstić information content (AvgIpc) is 2.85. The molecular weight excluding hydrogens is 399 g/mol. The third kappa shape index (κ3) is 3.70. The van der Waals surface area contributed by atoms with Crippen molar-refractivity contribution in [1.82, 2.24) is 4.72 Å². The van der Waals surface area contributed by atoms with Crippen molar-refractivity contribution in [3.05, 3.63) is 63.6 Å². The Morgan fingerprint density at radius 2 is 1.81 bits per heavy atom. The lowest BCUT2D eigenvalue weighted by molar-refractivity contribution is -0.145. The number of halogens is 2. The molecule has 0 fully saturated rings. The molecule has 3 rings (SSSR count). The Labute approximate surface area is 160 Å². The molecule has 1 aliphatic rings. The second-order valence-corrected chi connectivity index (χ2v) is 8.03. The van der Waals surface area contributed by atoms with Crippen LogP contribution in [0.2, 0.25) is 10.0 Å². The van der Waals surface area contributed by atoms with Crippen LogP contribution in [0.4, 0.5) is 0 Å². The van der Waals surface area contributed by atoms with Crippen LogP contribution in [0.3, 0.4) is 0 Å². The maximum Gasteiger partial charge on any atom is 0.330 e. The van der Waals surface area contributed by atoms with Crippen LogP contribution in [0.15, 0.2) is 52.4 Å². The third-order valence-corrected chi connectivity index (χ3v) is 5.85. The fourth-order valence-corrected chi connectivity index (χ4v) is 4.16. The maximum absolute atomic E-state index is 12.2. The lowest BCUT2D eigenvalue weighted by Gasteiger charge is -2.11. The molecule has 0 aliphatic carbocycles. The Bertz CT molecular complexity index is 985. The van der Waals surface area contributed by atoms with Gasteiger partial charge in [0.25, 0.3) is 10.0 Å². The Morgan fingerprint density at radius 1 is 1.15 bits per heavy atom. The van der Waals surface area contributed by atoms with Crippen molar-refractivity contribution in [2.24, 2.45) is 4.99 Å².